The van der Waals surface area contributed by atoms with E-state index in [-0.39, 0.29) is 18.9 Å². The normalized spacial score (nSPS) is 14.2. The first kappa shape index (κ1) is 24.3. The van der Waals surface area contributed by atoms with Gasteiger partial charge in [-0.25, -0.2) is 4.79 Å². The van der Waals surface area contributed by atoms with Crippen LogP contribution in [0.4, 0.5) is 4.79 Å². The molecule has 0 saturated heterocycles. The Morgan fingerprint density at radius 1 is 0.909 bits per heavy atom. The number of aliphatic carboxylic acids is 1. The third kappa shape index (κ3) is 6.34. The number of nitrogens with one attached hydrogen (secondary N) is 2. The zero-order chi connectivity index (χ0) is 24.0. The van der Waals surface area contributed by atoms with Gasteiger partial charge in [0.1, 0.15) is 12.6 Å². The Morgan fingerprint density at radius 3 is 2.03 bits per heavy atom. The van der Waals surface area contributed by atoms with Crippen LogP contribution in [0.25, 0.3) is 11.1 Å². The average Bonchev–Trinajstić information content (AvgIpc) is 3.08. The van der Waals surface area contributed by atoms with Gasteiger partial charge in [0.15, 0.2) is 0 Å². The van der Waals surface area contributed by atoms with Crippen molar-refractivity contribution in [2.45, 2.75) is 58.0 Å². The van der Waals surface area contributed by atoms with Crippen LogP contribution in [0.15, 0.2) is 48.5 Å². The molecule has 176 valence electrons. The molecule has 7 nitrogen and oxygen atoms in total. The SMILES string of the molecule is CC(C)CCC(NC(=O)OCC1c2ccccc2-c2ccccc21)C(=O)N[C@@H](C)CC(=O)O. The highest BCUT2D eigenvalue weighted by Crippen LogP contribution is 2.44. The molecule has 7 heteroatoms. The van der Waals surface area contributed by atoms with Gasteiger partial charge in [-0.15, -0.1) is 0 Å². The topological polar surface area (TPSA) is 105 Å². The van der Waals surface area contributed by atoms with Crippen molar-refractivity contribution in [2.75, 3.05) is 6.61 Å². The highest BCUT2D eigenvalue weighted by atomic mass is 16.5. The molecule has 1 unspecified atom stereocenters. The summed E-state index contributed by atoms with van der Waals surface area (Å²) in [5.41, 5.74) is 4.51. The van der Waals surface area contributed by atoms with E-state index >= 15 is 0 Å². The summed E-state index contributed by atoms with van der Waals surface area (Å²) in [7, 11) is 0. The number of alkyl carbamates (subject to hydrolysis) is 1. The van der Waals surface area contributed by atoms with Crippen LogP contribution < -0.4 is 10.6 Å². The van der Waals surface area contributed by atoms with Crippen molar-refractivity contribution in [1.82, 2.24) is 10.6 Å². The van der Waals surface area contributed by atoms with E-state index in [1.807, 2.05) is 50.2 Å². The monoisotopic (exact) mass is 452 g/mol. The van der Waals surface area contributed by atoms with Crippen molar-refractivity contribution in [3.8, 4) is 11.1 Å². The number of carboxylic acid groups (broad SMARTS) is 1. The van der Waals surface area contributed by atoms with Gasteiger partial charge in [-0.3, -0.25) is 9.59 Å². The van der Waals surface area contributed by atoms with Crippen LogP contribution in [-0.2, 0) is 14.3 Å². The molecule has 2 amide bonds. The van der Waals surface area contributed by atoms with E-state index in [1.165, 1.54) is 0 Å². The molecule has 1 aliphatic carbocycles. The predicted molar refractivity (Wildman–Crippen MR) is 126 cm³/mol. The van der Waals surface area contributed by atoms with Crippen molar-refractivity contribution in [3.63, 3.8) is 0 Å². The molecule has 0 aromatic heterocycles. The lowest BCUT2D eigenvalue weighted by Gasteiger charge is -2.22. The first-order chi connectivity index (χ1) is 15.8. The van der Waals surface area contributed by atoms with E-state index in [9.17, 15) is 14.4 Å². The number of hydrogen-bond acceptors (Lipinski definition) is 4. The Hall–Kier alpha value is -3.35. The number of ether oxygens (including phenoxy) is 1. The predicted octanol–water partition coefficient (Wildman–Crippen LogP) is 4.31. The summed E-state index contributed by atoms with van der Waals surface area (Å²) < 4.78 is 5.57. The molecule has 3 rings (SSSR count). The maximum Gasteiger partial charge on any atom is 0.407 e. The Bertz CT molecular complexity index is 958. The summed E-state index contributed by atoms with van der Waals surface area (Å²) in [6.07, 6.45) is 0.322. The second-order valence-electron chi connectivity index (χ2n) is 9.00. The summed E-state index contributed by atoms with van der Waals surface area (Å²) in [6, 6.07) is 14.8. The highest BCUT2D eigenvalue weighted by molar-refractivity contribution is 5.86. The zero-order valence-electron chi connectivity index (χ0n) is 19.3. The Balaban J connectivity index is 1.64. The van der Waals surface area contributed by atoms with Crippen LogP contribution in [0.3, 0.4) is 0 Å². The van der Waals surface area contributed by atoms with Gasteiger partial charge in [0, 0.05) is 12.0 Å². The molecule has 0 heterocycles. The first-order valence-electron chi connectivity index (χ1n) is 11.4. The van der Waals surface area contributed by atoms with Gasteiger partial charge in [-0.05, 0) is 47.9 Å². The molecule has 3 N–H and O–H groups in total. The Morgan fingerprint density at radius 2 is 1.48 bits per heavy atom. The molecule has 1 aliphatic rings. The van der Waals surface area contributed by atoms with Gasteiger partial charge in [-0.2, -0.15) is 0 Å². The molecule has 0 saturated carbocycles. The van der Waals surface area contributed by atoms with E-state index in [0.717, 1.165) is 28.7 Å². The molecule has 2 aromatic rings. The molecule has 0 fully saturated rings. The van der Waals surface area contributed by atoms with Crippen LogP contribution >= 0.6 is 0 Å². The molecule has 0 spiro atoms. The second kappa shape index (κ2) is 11.0. The summed E-state index contributed by atoms with van der Waals surface area (Å²) in [5.74, 6) is -1.12. The smallest absolute Gasteiger partial charge is 0.407 e. The number of carbonyl (C=O) groups is 3. The van der Waals surface area contributed by atoms with Crippen LogP contribution in [-0.4, -0.2) is 41.8 Å². The number of benzene rings is 2. The minimum atomic E-state index is -0.994. The van der Waals surface area contributed by atoms with Gasteiger partial charge >= 0.3 is 12.1 Å². The van der Waals surface area contributed by atoms with E-state index < -0.39 is 30.1 Å². The Kier molecular flexibility index (Phi) is 8.09. The standard InChI is InChI=1S/C26H32N2O5/c1-16(2)12-13-23(25(31)27-17(3)14-24(29)30)28-26(32)33-15-22-20-10-6-4-8-18(20)19-9-5-7-11-21(19)22/h4-11,16-17,22-23H,12-15H2,1-3H3,(H,27,31)(H,28,32)(H,29,30)/t17-,23?/m0/s1. The molecule has 0 bridgehead atoms. The molecule has 0 radical (unpaired) electrons. The first-order valence-corrected chi connectivity index (χ1v) is 11.4. The van der Waals surface area contributed by atoms with Crippen molar-refractivity contribution in [1.29, 1.82) is 0 Å². The fourth-order valence-electron chi connectivity index (χ4n) is 4.21. The van der Waals surface area contributed by atoms with E-state index in [0.29, 0.717) is 12.3 Å². The van der Waals surface area contributed by atoms with Gasteiger partial charge in [0.05, 0.1) is 6.42 Å². The van der Waals surface area contributed by atoms with Crippen LogP contribution in [0.2, 0.25) is 0 Å². The zero-order valence-corrected chi connectivity index (χ0v) is 19.3. The van der Waals surface area contributed by atoms with E-state index in [4.69, 9.17) is 9.84 Å². The quantitative estimate of drug-likeness (QED) is 0.498. The molecule has 33 heavy (non-hydrogen) atoms. The fraction of sp³-hybridized carbons (Fsp3) is 0.423. The van der Waals surface area contributed by atoms with Crippen LogP contribution in [0.5, 0.6) is 0 Å². The molecule has 0 aliphatic heterocycles. The Labute approximate surface area is 194 Å². The highest BCUT2D eigenvalue weighted by Gasteiger charge is 2.30. The van der Waals surface area contributed by atoms with Gasteiger partial charge in [0.25, 0.3) is 0 Å². The minimum absolute atomic E-state index is 0.0679. The van der Waals surface area contributed by atoms with Crippen LogP contribution in [0, 0.1) is 5.92 Å². The molecule has 2 atom stereocenters. The lowest BCUT2D eigenvalue weighted by atomic mass is 9.98. The largest absolute Gasteiger partial charge is 0.481 e. The molecule has 2 aromatic carbocycles. The summed E-state index contributed by atoms with van der Waals surface area (Å²) in [5, 5.41) is 14.3. The minimum Gasteiger partial charge on any atom is -0.481 e. The number of carboxylic acids is 1. The molecular weight excluding hydrogens is 420 g/mol. The molecular formula is C26H32N2O5. The number of fused-ring (bicyclic) bond motifs is 3. The third-order valence-corrected chi connectivity index (χ3v) is 5.85. The second-order valence-corrected chi connectivity index (χ2v) is 9.00. The van der Waals surface area contributed by atoms with Crippen LogP contribution in [0.1, 0.15) is 57.1 Å². The summed E-state index contributed by atoms with van der Waals surface area (Å²) >= 11 is 0. The lowest BCUT2D eigenvalue weighted by Crippen LogP contribution is -2.49. The van der Waals surface area contributed by atoms with E-state index in [2.05, 4.69) is 22.8 Å². The number of hydrogen-bond donors (Lipinski definition) is 3. The number of amides is 2. The maximum absolute atomic E-state index is 12.7. The maximum atomic E-state index is 12.7. The summed E-state index contributed by atoms with van der Waals surface area (Å²) in [4.78, 5) is 36.2. The average molecular weight is 453 g/mol. The van der Waals surface area contributed by atoms with Crippen molar-refractivity contribution >= 4 is 18.0 Å². The number of rotatable bonds is 10. The number of carbonyl (C=O) groups excluding carboxylic acids is 2. The van der Waals surface area contributed by atoms with E-state index in [1.54, 1.807) is 6.92 Å². The van der Waals surface area contributed by atoms with Gasteiger partial charge < -0.3 is 20.5 Å². The van der Waals surface area contributed by atoms with Crippen molar-refractivity contribution < 1.29 is 24.2 Å². The van der Waals surface area contributed by atoms with Gasteiger partial charge in [0.2, 0.25) is 5.91 Å². The van der Waals surface area contributed by atoms with Crippen molar-refractivity contribution in [3.05, 3.63) is 59.7 Å². The summed E-state index contributed by atoms with van der Waals surface area (Å²) in [6.45, 7) is 5.86. The lowest BCUT2D eigenvalue weighted by molar-refractivity contribution is -0.137. The third-order valence-electron chi connectivity index (χ3n) is 5.85. The van der Waals surface area contributed by atoms with Crippen molar-refractivity contribution in [2.24, 2.45) is 5.92 Å². The van der Waals surface area contributed by atoms with Gasteiger partial charge in [-0.1, -0.05) is 62.4 Å². The fourth-order valence-corrected chi connectivity index (χ4v) is 4.21.